The monoisotopic (exact) mass is 445 g/mol. The van der Waals surface area contributed by atoms with Crippen molar-refractivity contribution < 1.29 is 9.18 Å². The summed E-state index contributed by atoms with van der Waals surface area (Å²) in [7, 11) is 5.54. The van der Waals surface area contributed by atoms with Crippen molar-refractivity contribution in [1.29, 1.82) is 0 Å². The summed E-state index contributed by atoms with van der Waals surface area (Å²) >= 11 is 0. The van der Waals surface area contributed by atoms with Gasteiger partial charge in [-0.1, -0.05) is 0 Å². The largest absolute Gasteiger partial charge is 0.363 e. The van der Waals surface area contributed by atoms with Crippen molar-refractivity contribution in [1.82, 2.24) is 19.7 Å². The van der Waals surface area contributed by atoms with Crippen molar-refractivity contribution in [2.45, 2.75) is 6.92 Å². The Balaban J connectivity index is 1.45. The molecule has 0 aliphatic heterocycles. The molecule has 0 fully saturated rings. The minimum absolute atomic E-state index is 0.295. The molecule has 0 saturated carbocycles. The molecule has 4 rings (SSSR count). The zero-order valence-corrected chi connectivity index (χ0v) is 18.8. The molecule has 9 heteroatoms. The Morgan fingerprint density at radius 2 is 1.64 bits per heavy atom. The van der Waals surface area contributed by atoms with E-state index in [0.29, 0.717) is 23.0 Å². The minimum Gasteiger partial charge on any atom is -0.363 e. The van der Waals surface area contributed by atoms with Crippen LogP contribution < -0.4 is 15.5 Å². The molecule has 0 atom stereocenters. The van der Waals surface area contributed by atoms with E-state index in [9.17, 15) is 9.18 Å². The fourth-order valence-corrected chi connectivity index (χ4v) is 3.24. The van der Waals surface area contributed by atoms with E-state index in [1.165, 1.54) is 16.8 Å². The van der Waals surface area contributed by atoms with Gasteiger partial charge in [-0.3, -0.25) is 9.48 Å². The van der Waals surface area contributed by atoms with E-state index in [0.717, 1.165) is 22.8 Å². The molecule has 2 heterocycles. The summed E-state index contributed by atoms with van der Waals surface area (Å²) in [5.41, 5.74) is 4.00. The average molecular weight is 446 g/mol. The van der Waals surface area contributed by atoms with E-state index >= 15 is 0 Å². The molecule has 0 unspecified atom stereocenters. The fraction of sp³-hybridized carbons (Fsp3) is 0.167. The molecule has 168 valence electrons. The number of halogens is 1. The average Bonchev–Trinajstić information content (AvgIpc) is 3.17. The van der Waals surface area contributed by atoms with Crippen LogP contribution in [-0.2, 0) is 7.05 Å². The number of carbonyl (C=O) groups is 1. The molecule has 1 amide bonds. The standard InChI is InChI=1S/C24H24FN7O/c1-15-13-22(31(2)3)29-24(26-15)28-19-11-9-18(10-12-19)27-23(33)21-14-20(30-32(21)4)16-5-7-17(25)8-6-16/h5-14H,1-4H3,(H,27,33)(H,26,28,29). The molecule has 2 aromatic carbocycles. The smallest absolute Gasteiger partial charge is 0.273 e. The van der Waals surface area contributed by atoms with Gasteiger partial charge in [-0.25, -0.2) is 9.37 Å². The van der Waals surface area contributed by atoms with E-state index in [1.807, 2.05) is 44.1 Å². The topological polar surface area (TPSA) is 88.0 Å². The summed E-state index contributed by atoms with van der Waals surface area (Å²) in [5.74, 6) is 0.693. The first-order valence-corrected chi connectivity index (χ1v) is 10.3. The highest BCUT2D eigenvalue weighted by Crippen LogP contribution is 2.22. The fourth-order valence-electron chi connectivity index (χ4n) is 3.24. The third kappa shape index (κ3) is 5.15. The van der Waals surface area contributed by atoms with E-state index in [2.05, 4.69) is 25.7 Å². The van der Waals surface area contributed by atoms with Crippen molar-refractivity contribution in [2.75, 3.05) is 29.6 Å². The van der Waals surface area contributed by atoms with Crippen molar-refractivity contribution in [3.63, 3.8) is 0 Å². The summed E-state index contributed by atoms with van der Waals surface area (Å²) in [4.78, 5) is 23.6. The molecule has 0 spiro atoms. The third-order valence-corrected chi connectivity index (χ3v) is 4.95. The highest BCUT2D eigenvalue weighted by molar-refractivity contribution is 6.03. The van der Waals surface area contributed by atoms with Gasteiger partial charge in [0.25, 0.3) is 5.91 Å². The molecule has 0 aliphatic rings. The Labute approximate surface area is 191 Å². The third-order valence-electron chi connectivity index (χ3n) is 4.95. The Bertz CT molecular complexity index is 1280. The first-order chi connectivity index (χ1) is 15.8. The summed E-state index contributed by atoms with van der Waals surface area (Å²) in [6.07, 6.45) is 0. The van der Waals surface area contributed by atoms with Gasteiger partial charge in [0, 0.05) is 49.8 Å². The molecule has 33 heavy (non-hydrogen) atoms. The lowest BCUT2D eigenvalue weighted by Gasteiger charge is -2.14. The number of benzene rings is 2. The molecule has 2 N–H and O–H groups in total. The second-order valence-corrected chi connectivity index (χ2v) is 7.79. The van der Waals surface area contributed by atoms with Gasteiger partial charge in [-0.2, -0.15) is 10.1 Å². The number of aromatic nitrogens is 4. The lowest BCUT2D eigenvalue weighted by molar-refractivity contribution is 0.101. The summed E-state index contributed by atoms with van der Waals surface area (Å²) < 4.78 is 14.7. The highest BCUT2D eigenvalue weighted by atomic mass is 19.1. The van der Waals surface area contributed by atoms with Gasteiger partial charge in [-0.15, -0.1) is 0 Å². The minimum atomic E-state index is -0.322. The van der Waals surface area contributed by atoms with Crippen LogP contribution >= 0.6 is 0 Å². The Hall–Kier alpha value is -4.27. The second-order valence-electron chi connectivity index (χ2n) is 7.79. The zero-order valence-electron chi connectivity index (χ0n) is 18.8. The van der Waals surface area contributed by atoms with Crippen LogP contribution in [0.2, 0.25) is 0 Å². The molecular weight excluding hydrogens is 421 g/mol. The van der Waals surface area contributed by atoms with Crippen LogP contribution in [0.5, 0.6) is 0 Å². The maximum absolute atomic E-state index is 13.2. The Morgan fingerprint density at radius 3 is 2.30 bits per heavy atom. The number of nitrogens with one attached hydrogen (secondary N) is 2. The highest BCUT2D eigenvalue weighted by Gasteiger charge is 2.15. The van der Waals surface area contributed by atoms with Gasteiger partial charge in [0.15, 0.2) is 0 Å². The van der Waals surface area contributed by atoms with Gasteiger partial charge in [0.1, 0.15) is 17.3 Å². The predicted molar refractivity (Wildman–Crippen MR) is 127 cm³/mol. The van der Waals surface area contributed by atoms with Crippen LogP contribution in [0.15, 0.2) is 60.7 Å². The summed E-state index contributed by atoms with van der Waals surface area (Å²) in [6, 6.07) is 16.8. The summed E-state index contributed by atoms with van der Waals surface area (Å²) in [6.45, 7) is 1.92. The van der Waals surface area contributed by atoms with E-state index in [-0.39, 0.29) is 11.7 Å². The molecule has 0 radical (unpaired) electrons. The van der Waals surface area contributed by atoms with Crippen molar-refractivity contribution in [3.05, 3.63) is 77.9 Å². The summed E-state index contributed by atoms with van der Waals surface area (Å²) in [5, 5.41) is 10.4. The van der Waals surface area contributed by atoms with Gasteiger partial charge in [0.2, 0.25) is 5.95 Å². The van der Waals surface area contributed by atoms with Crippen molar-refractivity contribution >= 4 is 29.0 Å². The predicted octanol–water partition coefficient (Wildman–Crippen LogP) is 4.39. The van der Waals surface area contributed by atoms with Crippen molar-refractivity contribution in [2.24, 2.45) is 7.05 Å². The van der Waals surface area contributed by atoms with Crippen LogP contribution in [-0.4, -0.2) is 39.8 Å². The molecule has 0 bridgehead atoms. The first-order valence-electron chi connectivity index (χ1n) is 10.3. The van der Waals surface area contributed by atoms with Crippen LogP contribution in [0.4, 0.5) is 27.5 Å². The number of nitrogens with zero attached hydrogens (tertiary/aromatic N) is 5. The lowest BCUT2D eigenvalue weighted by atomic mass is 10.1. The quantitative estimate of drug-likeness (QED) is 0.458. The molecular formula is C24H24FN7O. The zero-order chi connectivity index (χ0) is 23.5. The normalized spacial score (nSPS) is 10.7. The number of hydrogen-bond acceptors (Lipinski definition) is 6. The first kappa shape index (κ1) is 21.9. The number of aryl methyl sites for hydroxylation is 2. The number of hydrogen-bond donors (Lipinski definition) is 2. The van der Waals surface area contributed by atoms with E-state index in [4.69, 9.17) is 0 Å². The SMILES string of the molecule is Cc1cc(N(C)C)nc(Nc2ccc(NC(=O)c3cc(-c4ccc(F)cc4)nn3C)cc2)n1. The van der Waals surface area contributed by atoms with Gasteiger partial charge in [0.05, 0.1) is 5.69 Å². The Morgan fingerprint density at radius 1 is 0.970 bits per heavy atom. The molecule has 0 aliphatic carbocycles. The molecule has 8 nitrogen and oxygen atoms in total. The maximum Gasteiger partial charge on any atom is 0.273 e. The maximum atomic E-state index is 13.2. The number of rotatable bonds is 6. The molecule has 0 saturated heterocycles. The van der Waals surface area contributed by atoms with Gasteiger partial charge in [-0.05, 0) is 61.5 Å². The van der Waals surface area contributed by atoms with E-state index < -0.39 is 0 Å². The van der Waals surface area contributed by atoms with Crippen LogP contribution in [0.1, 0.15) is 16.2 Å². The van der Waals surface area contributed by atoms with Crippen LogP contribution in [0.3, 0.4) is 0 Å². The van der Waals surface area contributed by atoms with Gasteiger partial charge < -0.3 is 15.5 Å². The van der Waals surface area contributed by atoms with Gasteiger partial charge >= 0.3 is 0 Å². The molecule has 2 aromatic heterocycles. The van der Waals surface area contributed by atoms with Crippen LogP contribution in [0.25, 0.3) is 11.3 Å². The Kier molecular flexibility index (Phi) is 6.03. The van der Waals surface area contributed by atoms with Crippen LogP contribution in [0, 0.1) is 12.7 Å². The number of anilines is 4. The molecule has 4 aromatic rings. The number of amides is 1. The number of carbonyl (C=O) groups excluding carboxylic acids is 1. The van der Waals surface area contributed by atoms with Crippen molar-refractivity contribution in [3.8, 4) is 11.3 Å². The van der Waals surface area contributed by atoms with E-state index in [1.54, 1.807) is 37.4 Å². The lowest BCUT2D eigenvalue weighted by Crippen LogP contribution is -2.16. The second kappa shape index (κ2) is 9.07.